The van der Waals surface area contributed by atoms with E-state index in [9.17, 15) is 4.79 Å². The molecule has 0 saturated carbocycles. The van der Waals surface area contributed by atoms with E-state index in [-0.39, 0.29) is 18.1 Å². The van der Waals surface area contributed by atoms with Gasteiger partial charge in [0.15, 0.2) is 0 Å². The first-order valence-corrected chi connectivity index (χ1v) is 7.03. The SMILES string of the molecule is O=C([C@H]1CCCN1)N1CCOC(c2ccccc2)C1. The van der Waals surface area contributed by atoms with Crippen LogP contribution in [-0.4, -0.2) is 43.1 Å². The Bertz CT molecular complexity index is 429. The number of benzene rings is 1. The standard InChI is InChI=1S/C15H20N2O2/c18-15(13-7-4-8-16-13)17-9-10-19-14(11-17)12-5-2-1-3-6-12/h1-3,5-6,13-14,16H,4,7-11H2/t13-,14?/m1/s1. The lowest BCUT2D eigenvalue weighted by Crippen LogP contribution is -2.49. The van der Waals surface area contributed by atoms with Gasteiger partial charge in [0.2, 0.25) is 5.91 Å². The minimum Gasteiger partial charge on any atom is -0.370 e. The van der Waals surface area contributed by atoms with Crippen LogP contribution in [-0.2, 0) is 9.53 Å². The van der Waals surface area contributed by atoms with E-state index in [1.54, 1.807) is 0 Å². The van der Waals surface area contributed by atoms with Crippen LogP contribution in [0.1, 0.15) is 24.5 Å². The average Bonchev–Trinajstić information content (AvgIpc) is 3.02. The van der Waals surface area contributed by atoms with Gasteiger partial charge in [-0.05, 0) is 24.9 Å². The highest BCUT2D eigenvalue weighted by Crippen LogP contribution is 2.23. The number of nitrogens with one attached hydrogen (secondary N) is 1. The van der Waals surface area contributed by atoms with Crippen LogP contribution < -0.4 is 5.32 Å². The van der Waals surface area contributed by atoms with Crippen molar-refractivity contribution in [2.75, 3.05) is 26.2 Å². The van der Waals surface area contributed by atoms with E-state index < -0.39 is 0 Å². The third-order valence-electron chi connectivity index (χ3n) is 3.91. The number of rotatable bonds is 2. The molecule has 0 bridgehead atoms. The zero-order valence-electron chi connectivity index (χ0n) is 11.0. The quantitative estimate of drug-likeness (QED) is 0.872. The van der Waals surface area contributed by atoms with Crippen LogP contribution in [0, 0.1) is 0 Å². The first-order chi connectivity index (χ1) is 9.34. The highest BCUT2D eigenvalue weighted by atomic mass is 16.5. The fourth-order valence-corrected chi connectivity index (χ4v) is 2.83. The van der Waals surface area contributed by atoms with Crippen molar-refractivity contribution in [3.05, 3.63) is 35.9 Å². The number of ether oxygens (including phenoxy) is 1. The Balaban J connectivity index is 1.66. The third kappa shape index (κ3) is 2.80. The Morgan fingerprint density at radius 3 is 2.89 bits per heavy atom. The molecule has 0 radical (unpaired) electrons. The highest BCUT2D eigenvalue weighted by Gasteiger charge is 2.31. The summed E-state index contributed by atoms with van der Waals surface area (Å²) in [7, 11) is 0. The molecule has 0 aliphatic carbocycles. The van der Waals surface area contributed by atoms with E-state index in [0.717, 1.165) is 24.9 Å². The van der Waals surface area contributed by atoms with Gasteiger partial charge in [0.25, 0.3) is 0 Å². The van der Waals surface area contributed by atoms with Gasteiger partial charge in [0, 0.05) is 6.54 Å². The van der Waals surface area contributed by atoms with Crippen molar-refractivity contribution in [1.29, 1.82) is 0 Å². The van der Waals surface area contributed by atoms with Crippen molar-refractivity contribution in [3.8, 4) is 0 Å². The van der Waals surface area contributed by atoms with Crippen molar-refractivity contribution in [2.45, 2.75) is 25.0 Å². The molecule has 1 N–H and O–H groups in total. The molecule has 2 atom stereocenters. The average molecular weight is 260 g/mol. The molecule has 4 nitrogen and oxygen atoms in total. The van der Waals surface area contributed by atoms with Crippen LogP contribution in [0.15, 0.2) is 30.3 Å². The molecule has 2 heterocycles. The summed E-state index contributed by atoms with van der Waals surface area (Å²) in [6.45, 7) is 2.96. The van der Waals surface area contributed by atoms with Gasteiger partial charge in [-0.1, -0.05) is 30.3 Å². The molecule has 1 amide bonds. The number of hydrogen-bond acceptors (Lipinski definition) is 3. The number of carbonyl (C=O) groups is 1. The molecular weight excluding hydrogens is 240 g/mol. The van der Waals surface area contributed by atoms with E-state index in [1.807, 2.05) is 23.1 Å². The minimum absolute atomic E-state index is 0.0142. The summed E-state index contributed by atoms with van der Waals surface area (Å²) in [5.74, 6) is 0.238. The second-order valence-electron chi connectivity index (χ2n) is 5.20. The molecule has 1 unspecified atom stereocenters. The van der Waals surface area contributed by atoms with E-state index in [4.69, 9.17) is 4.74 Å². The van der Waals surface area contributed by atoms with Crippen LogP contribution in [0.2, 0.25) is 0 Å². The van der Waals surface area contributed by atoms with Crippen LogP contribution in [0.25, 0.3) is 0 Å². The normalized spacial score (nSPS) is 27.5. The van der Waals surface area contributed by atoms with Gasteiger partial charge in [-0.15, -0.1) is 0 Å². The zero-order chi connectivity index (χ0) is 13.1. The van der Waals surface area contributed by atoms with Crippen LogP contribution in [0.4, 0.5) is 0 Å². The topological polar surface area (TPSA) is 41.6 Å². The van der Waals surface area contributed by atoms with Crippen molar-refractivity contribution >= 4 is 5.91 Å². The monoisotopic (exact) mass is 260 g/mol. The van der Waals surface area contributed by atoms with Crippen molar-refractivity contribution in [2.24, 2.45) is 0 Å². The van der Waals surface area contributed by atoms with Crippen molar-refractivity contribution < 1.29 is 9.53 Å². The van der Waals surface area contributed by atoms with Gasteiger partial charge in [0.05, 0.1) is 19.2 Å². The summed E-state index contributed by atoms with van der Waals surface area (Å²) in [6.07, 6.45) is 2.08. The number of morpholine rings is 1. The Kier molecular flexibility index (Phi) is 3.80. The van der Waals surface area contributed by atoms with Gasteiger partial charge in [-0.3, -0.25) is 4.79 Å². The summed E-state index contributed by atoms with van der Waals surface area (Å²) in [4.78, 5) is 14.3. The van der Waals surface area contributed by atoms with Gasteiger partial charge in [-0.25, -0.2) is 0 Å². The van der Waals surface area contributed by atoms with E-state index in [2.05, 4.69) is 17.4 Å². The number of amides is 1. The second kappa shape index (κ2) is 5.72. The predicted octanol–water partition coefficient (Wildman–Crippen LogP) is 1.34. The molecule has 2 saturated heterocycles. The first kappa shape index (κ1) is 12.6. The summed E-state index contributed by atoms with van der Waals surface area (Å²) < 4.78 is 5.79. The number of carbonyl (C=O) groups excluding carboxylic acids is 1. The fourth-order valence-electron chi connectivity index (χ4n) is 2.83. The maximum absolute atomic E-state index is 12.4. The molecular formula is C15H20N2O2. The Hall–Kier alpha value is -1.39. The first-order valence-electron chi connectivity index (χ1n) is 7.03. The Labute approximate surface area is 113 Å². The van der Waals surface area contributed by atoms with E-state index >= 15 is 0 Å². The van der Waals surface area contributed by atoms with Crippen LogP contribution in [0.5, 0.6) is 0 Å². The zero-order valence-corrected chi connectivity index (χ0v) is 11.0. The lowest BCUT2D eigenvalue weighted by molar-refractivity contribution is -0.140. The molecule has 2 aliphatic rings. The van der Waals surface area contributed by atoms with Crippen LogP contribution in [0.3, 0.4) is 0 Å². The fraction of sp³-hybridized carbons (Fsp3) is 0.533. The highest BCUT2D eigenvalue weighted by molar-refractivity contribution is 5.82. The third-order valence-corrected chi connectivity index (χ3v) is 3.91. The molecule has 2 fully saturated rings. The van der Waals surface area contributed by atoms with E-state index in [1.165, 1.54) is 0 Å². The molecule has 1 aromatic carbocycles. The summed E-state index contributed by atoms with van der Waals surface area (Å²) in [6, 6.07) is 10.2. The maximum atomic E-state index is 12.4. The largest absolute Gasteiger partial charge is 0.370 e. The molecule has 102 valence electrons. The minimum atomic E-state index is 0.0142. The molecule has 2 aliphatic heterocycles. The Morgan fingerprint density at radius 2 is 2.16 bits per heavy atom. The van der Waals surface area contributed by atoms with Gasteiger partial charge < -0.3 is 15.0 Å². The molecule has 1 aromatic rings. The maximum Gasteiger partial charge on any atom is 0.239 e. The molecule has 0 spiro atoms. The second-order valence-corrected chi connectivity index (χ2v) is 5.20. The smallest absolute Gasteiger partial charge is 0.239 e. The van der Waals surface area contributed by atoms with Crippen LogP contribution >= 0.6 is 0 Å². The lowest BCUT2D eigenvalue weighted by Gasteiger charge is -2.34. The molecule has 4 heteroatoms. The van der Waals surface area contributed by atoms with Gasteiger partial charge >= 0.3 is 0 Å². The molecule has 19 heavy (non-hydrogen) atoms. The Morgan fingerprint density at radius 1 is 1.32 bits per heavy atom. The summed E-state index contributed by atoms with van der Waals surface area (Å²) in [5, 5.41) is 3.28. The predicted molar refractivity (Wildman–Crippen MR) is 72.7 cm³/mol. The molecule has 3 rings (SSSR count). The number of nitrogens with zero attached hydrogens (tertiary/aromatic N) is 1. The van der Waals surface area contributed by atoms with Crippen molar-refractivity contribution in [1.82, 2.24) is 10.2 Å². The van der Waals surface area contributed by atoms with Crippen molar-refractivity contribution in [3.63, 3.8) is 0 Å². The lowest BCUT2D eigenvalue weighted by atomic mass is 10.1. The molecule has 0 aromatic heterocycles. The van der Waals surface area contributed by atoms with E-state index in [0.29, 0.717) is 19.7 Å². The summed E-state index contributed by atoms with van der Waals surface area (Å²) in [5.41, 5.74) is 1.15. The number of hydrogen-bond donors (Lipinski definition) is 1. The summed E-state index contributed by atoms with van der Waals surface area (Å²) >= 11 is 0. The van der Waals surface area contributed by atoms with Gasteiger partial charge in [-0.2, -0.15) is 0 Å². The van der Waals surface area contributed by atoms with Gasteiger partial charge in [0.1, 0.15) is 6.10 Å².